The molecule has 2 unspecified atom stereocenters. The molecule has 10 heteroatoms. The Morgan fingerprint density at radius 1 is 0.933 bits per heavy atom. The van der Waals surface area contributed by atoms with E-state index in [4.69, 9.17) is 19.9 Å². The van der Waals surface area contributed by atoms with Gasteiger partial charge >= 0.3 is 18.2 Å². The highest BCUT2D eigenvalue weighted by atomic mass is 16.6. The molecule has 2 aliphatic carbocycles. The van der Waals surface area contributed by atoms with Crippen molar-refractivity contribution in [3.05, 3.63) is 77.1 Å². The SMILES string of the molecule is C/C(N)=C/NCc1ccc(NC(=O)OCc2ccc(C3CC3N(CC3(C(=O)OC(C)(C)C)CC3)C(=O)OC(C)(C)C)cc2)cc1. The fraction of sp³-hybridized carbons (Fsp3) is 0.514. The Balaban J connectivity index is 1.31. The third-order valence-corrected chi connectivity index (χ3v) is 7.56. The molecule has 0 saturated heterocycles. The average molecular weight is 621 g/mol. The summed E-state index contributed by atoms with van der Waals surface area (Å²) in [7, 11) is 0. The number of hydrogen-bond acceptors (Lipinski definition) is 8. The third-order valence-electron chi connectivity index (χ3n) is 7.56. The van der Waals surface area contributed by atoms with E-state index in [-0.39, 0.29) is 31.1 Å². The summed E-state index contributed by atoms with van der Waals surface area (Å²) in [6, 6.07) is 15.3. The van der Waals surface area contributed by atoms with Gasteiger partial charge in [0.15, 0.2) is 0 Å². The number of allylic oxidation sites excluding steroid dienone is 1. The number of amides is 2. The summed E-state index contributed by atoms with van der Waals surface area (Å²) in [6.07, 6.45) is 2.95. The van der Waals surface area contributed by atoms with E-state index in [0.717, 1.165) is 23.1 Å². The van der Waals surface area contributed by atoms with Crippen LogP contribution in [0.3, 0.4) is 0 Å². The number of ether oxygens (including phenoxy) is 3. The molecule has 2 aromatic rings. The third kappa shape index (κ3) is 10.2. The summed E-state index contributed by atoms with van der Waals surface area (Å²) in [5.41, 5.74) is 8.01. The first-order valence-electron chi connectivity index (χ1n) is 15.5. The maximum atomic E-state index is 13.3. The monoisotopic (exact) mass is 620 g/mol. The predicted octanol–water partition coefficient (Wildman–Crippen LogP) is 6.56. The van der Waals surface area contributed by atoms with Crippen molar-refractivity contribution in [2.45, 2.75) is 104 Å². The van der Waals surface area contributed by atoms with Crippen LogP contribution in [0.15, 0.2) is 60.4 Å². The second kappa shape index (κ2) is 13.4. The normalized spacial score (nSPS) is 18.8. The number of rotatable bonds is 11. The van der Waals surface area contributed by atoms with E-state index in [1.54, 1.807) is 11.1 Å². The average Bonchev–Trinajstić information content (AvgIpc) is 3.85. The Labute approximate surface area is 266 Å². The molecule has 10 nitrogen and oxygen atoms in total. The van der Waals surface area contributed by atoms with Crippen molar-refractivity contribution in [2.75, 3.05) is 11.9 Å². The van der Waals surface area contributed by atoms with Crippen molar-refractivity contribution in [1.29, 1.82) is 0 Å². The van der Waals surface area contributed by atoms with Crippen molar-refractivity contribution < 1.29 is 28.6 Å². The molecule has 0 aliphatic heterocycles. The van der Waals surface area contributed by atoms with Crippen LogP contribution in [-0.2, 0) is 32.2 Å². The zero-order valence-electron chi connectivity index (χ0n) is 27.6. The van der Waals surface area contributed by atoms with Crippen LogP contribution >= 0.6 is 0 Å². The van der Waals surface area contributed by atoms with Crippen LogP contribution in [0.25, 0.3) is 0 Å². The van der Waals surface area contributed by atoms with E-state index in [0.29, 0.717) is 30.8 Å². The zero-order chi connectivity index (χ0) is 33.0. The lowest BCUT2D eigenvalue weighted by Gasteiger charge is -2.31. The molecule has 2 fully saturated rings. The standard InChI is InChI=1S/C35H48N4O6/c1-23(36)19-37-20-24-10-14-27(15-11-24)38-31(41)43-21-25-8-12-26(13-9-25)28-18-29(28)39(32(42)45-34(5,6)7)22-35(16-17-35)30(40)44-33(2,3)4/h8-15,19,28-29,37H,16-18,20-22,36H2,1-7H3,(H,38,41)/b23-19-. The fourth-order valence-corrected chi connectivity index (χ4v) is 5.01. The second-order valence-electron chi connectivity index (χ2n) is 14.2. The van der Waals surface area contributed by atoms with Gasteiger partial charge in [-0.25, -0.2) is 9.59 Å². The van der Waals surface area contributed by atoms with Gasteiger partial charge in [-0.15, -0.1) is 0 Å². The summed E-state index contributed by atoms with van der Waals surface area (Å²) >= 11 is 0. The van der Waals surface area contributed by atoms with Crippen LogP contribution in [0.4, 0.5) is 15.3 Å². The van der Waals surface area contributed by atoms with Crippen molar-refractivity contribution in [2.24, 2.45) is 11.1 Å². The molecule has 2 saturated carbocycles. The van der Waals surface area contributed by atoms with E-state index in [2.05, 4.69) is 10.6 Å². The highest BCUT2D eigenvalue weighted by Gasteiger charge is 2.57. The molecule has 0 aromatic heterocycles. The minimum atomic E-state index is -0.681. The van der Waals surface area contributed by atoms with E-state index >= 15 is 0 Å². The van der Waals surface area contributed by atoms with E-state index in [9.17, 15) is 14.4 Å². The summed E-state index contributed by atoms with van der Waals surface area (Å²) in [5, 5.41) is 5.86. The van der Waals surface area contributed by atoms with E-state index in [1.165, 1.54) is 0 Å². The molecule has 0 bridgehead atoms. The van der Waals surface area contributed by atoms with Gasteiger partial charge in [0, 0.05) is 42.6 Å². The van der Waals surface area contributed by atoms with Crippen LogP contribution in [0.5, 0.6) is 0 Å². The number of hydrogen-bond donors (Lipinski definition) is 3. The quantitative estimate of drug-likeness (QED) is 0.190. The van der Waals surface area contributed by atoms with Gasteiger partial charge in [-0.3, -0.25) is 10.1 Å². The molecule has 244 valence electrons. The molecule has 0 heterocycles. The van der Waals surface area contributed by atoms with Gasteiger partial charge in [0.25, 0.3) is 0 Å². The highest BCUT2D eigenvalue weighted by molar-refractivity contribution is 5.84. The molecule has 2 aliphatic rings. The van der Waals surface area contributed by atoms with Gasteiger partial charge in [0.05, 0.1) is 5.41 Å². The predicted molar refractivity (Wildman–Crippen MR) is 173 cm³/mol. The van der Waals surface area contributed by atoms with Crippen LogP contribution in [0.2, 0.25) is 0 Å². The number of carbonyl (C=O) groups excluding carboxylic acids is 3. The number of nitrogens with two attached hydrogens (primary N) is 1. The van der Waals surface area contributed by atoms with Crippen LogP contribution in [0, 0.1) is 5.41 Å². The van der Waals surface area contributed by atoms with Crippen LogP contribution < -0.4 is 16.4 Å². The minimum Gasteiger partial charge on any atom is -0.459 e. The number of nitrogens with one attached hydrogen (secondary N) is 2. The maximum Gasteiger partial charge on any atom is 0.411 e. The molecule has 4 rings (SSSR count). The maximum absolute atomic E-state index is 13.3. The first-order valence-corrected chi connectivity index (χ1v) is 15.5. The number of esters is 1. The lowest BCUT2D eigenvalue weighted by atomic mass is 10.0. The molecular weight excluding hydrogens is 572 g/mol. The molecule has 0 radical (unpaired) electrons. The lowest BCUT2D eigenvalue weighted by Crippen LogP contribution is -2.45. The fourth-order valence-electron chi connectivity index (χ4n) is 5.01. The van der Waals surface area contributed by atoms with Crippen molar-refractivity contribution >= 4 is 23.8 Å². The van der Waals surface area contributed by atoms with Crippen LogP contribution in [-0.4, -0.2) is 46.8 Å². The molecule has 0 spiro atoms. The summed E-state index contributed by atoms with van der Waals surface area (Å²) in [5.74, 6) is -0.131. The molecule has 45 heavy (non-hydrogen) atoms. The summed E-state index contributed by atoms with van der Waals surface area (Å²) in [6.45, 7) is 13.9. The number of benzene rings is 2. The van der Waals surface area contributed by atoms with Gasteiger partial charge < -0.3 is 30.2 Å². The van der Waals surface area contributed by atoms with Gasteiger partial charge in [-0.1, -0.05) is 36.4 Å². The Morgan fingerprint density at radius 3 is 2.09 bits per heavy atom. The lowest BCUT2D eigenvalue weighted by molar-refractivity contribution is -0.162. The first-order chi connectivity index (χ1) is 21.0. The molecule has 2 atom stereocenters. The van der Waals surface area contributed by atoms with E-state index < -0.39 is 28.8 Å². The molecule has 2 amide bonds. The Bertz CT molecular complexity index is 1380. The Kier molecular flexibility index (Phi) is 10.0. The van der Waals surface area contributed by atoms with Gasteiger partial charge in [0.2, 0.25) is 0 Å². The second-order valence-corrected chi connectivity index (χ2v) is 14.2. The van der Waals surface area contributed by atoms with Gasteiger partial charge in [0.1, 0.15) is 17.8 Å². The number of anilines is 1. The van der Waals surface area contributed by atoms with Crippen molar-refractivity contribution in [3.8, 4) is 0 Å². The Hall–Kier alpha value is -4.21. The van der Waals surface area contributed by atoms with Crippen LogP contribution in [0.1, 0.15) is 90.3 Å². The highest BCUT2D eigenvalue weighted by Crippen LogP contribution is 2.52. The molecular formula is C35H48N4O6. The first kappa shape index (κ1) is 33.7. The largest absolute Gasteiger partial charge is 0.459 e. The van der Waals surface area contributed by atoms with Gasteiger partial charge in [-0.05, 0) is 96.6 Å². The molecule has 4 N–H and O–H groups in total. The number of nitrogens with zero attached hydrogens (tertiary/aromatic N) is 1. The summed E-state index contributed by atoms with van der Waals surface area (Å²) in [4.78, 5) is 40.5. The van der Waals surface area contributed by atoms with Gasteiger partial charge in [-0.2, -0.15) is 0 Å². The number of carbonyl (C=O) groups is 3. The Morgan fingerprint density at radius 2 is 1.53 bits per heavy atom. The zero-order valence-corrected chi connectivity index (χ0v) is 27.6. The molecule has 2 aromatic carbocycles. The topological polar surface area (TPSA) is 132 Å². The van der Waals surface area contributed by atoms with Crippen molar-refractivity contribution in [3.63, 3.8) is 0 Å². The summed E-state index contributed by atoms with van der Waals surface area (Å²) < 4.78 is 16.9. The van der Waals surface area contributed by atoms with E-state index in [1.807, 2.05) is 97.0 Å². The van der Waals surface area contributed by atoms with Crippen molar-refractivity contribution in [1.82, 2.24) is 10.2 Å². The minimum absolute atomic E-state index is 0.0731. The smallest absolute Gasteiger partial charge is 0.411 e.